The summed E-state index contributed by atoms with van der Waals surface area (Å²) in [5.41, 5.74) is 2.92. The lowest BCUT2D eigenvalue weighted by atomic mass is 10.2. The fraction of sp³-hybridized carbons (Fsp3) is 0.500. The lowest BCUT2D eigenvalue weighted by molar-refractivity contribution is 0.0923. The number of rotatable bonds is 6. The second-order valence-corrected chi connectivity index (χ2v) is 4.46. The van der Waals surface area contributed by atoms with Gasteiger partial charge in [-0.1, -0.05) is 0 Å². The van der Waals surface area contributed by atoms with E-state index in [1.54, 1.807) is 17.8 Å². The Bertz CT molecular complexity index is 341. The van der Waals surface area contributed by atoms with E-state index in [1.165, 1.54) is 6.26 Å². The largest absolute Gasteiger partial charge is 0.459 e. The molecule has 3 N–H and O–H groups in total. The smallest absolute Gasteiger partial charge is 0.301 e. The third-order valence-electron chi connectivity index (χ3n) is 2.20. The topological polar surface area (TPSA) is 71.5 Å². The quantitative estimate of drug-likeness (QED) is 0.437. The van der Waals surface area contributed by atoms with Crippen LogP contribution in [0.4, 0.5) is 0 Å². The minimum Gasteiger partial charge on any atom is -0.459 e. The van der Waals surface area contributed by atoms with Crippen molar-refractivity contribution in [2.45, 2.75) is 6.54 Å². The van der Waals surface area contributed by atoms with Crippen LogP contribution in [-0.4, -0.2) is 36.4 Å². The van der Waals surface area contributed by atoms with Crippen LogP contribution < -0.4 is 11.3 Å². The zero-order valence-corrected chi connectivity index (χ0v) is 10.3. The highest BCUT2D eigenvalue weighted by atomic mass is 32.2. The summed E-state index contributed by atoms with van der Waals surface area (Å²) < 4.78 is 5.10. The summed E-state index contributed by atoms with van der Waals surface area (Å²) in [6.07, 6.45) is 3.57. The number of amides is 1. The average Bonchev–Trinajstić information content (AvgIpc) is 2.73. The predicted molar refractivity (Wildman–Crippen MR) is 65.1 cm³/mol. The fourth-order valence-electron chi connectivity index (χ4n) is 1.34. The molecule has 16 heavy (non-hydrogen) atoms. The molecule has 1 aromatic heterocycles. The van der Waals surface area contributed by atoms with E-state index in [9.17, 15) is 4.79 Å². The molecule has 1 amide bonds. The van der Waals surface area contributed by atoms with Crippen LogP contribution in [-0.2, 0) is 6.54 Å². The minimum atomic E-state index is -0.390. The molecule has 5 nitrogen and oxygen atoms in total. The van der Waals surface area contributed by atoms with Crippen molar-refractivity contribution in [3.8, 4) is 0 Å². The number of carbonyl (C=O) groups excluding carboxylic acids is 1. The zero-order valence-electron chi connectivity index (χ0n) is 9.53. The number of nitrogens with two attached hydrogens (primary N) is 1. The van der Waals surface area contributed by atoms with E-state index in [0.717, 1.165) is 17.9 Å². The first-order valence-electron chi connectivity index (χ1n) is 4.93. The van der Waals surface area contributed by atoms with Crippen molar-refractivity contribution in [1.82, 2.24) is 10.3 Å². The van der Waals surface area contributed by atoms with Gasteiger partial charge in [0.25, 0.3) is 0 Å². The Hall–Kier alpha value is -0.980. The number of nitrogen functional groups attached to an aromatic ring is 1. The Morgan fingerprint density at radius 1 is 1.69 bits per heavy atom. The minimum absolute atomic E-state index is 0.290. The van der Waals surface area contributed by atoms with Gasteiger partial charge in [0.15, 0.2) is 5.76 Å². The fourth-order valence-corrected chi connectivity index (χ4v) is 1.84. The molecule has 0 saturated heterocycles. The van der Waals surface area contributed by atoms with Crippen molar-refractivity contribution < 1.29 is 9.21 Å². The van der Waals surface area contributed by atoms with Crippen LogP contribution in [0, 0.1) is 0 Å². The zero-order chi connectivity index (χ0) is 12.0. The van der Waals surface area contributed by atoms with E-state index in [-0.39, 0.29) is 0 Å². The first-order valence-corrected chi connectivity index (χ1v) is 6.33. The molecule has 0 aliphatic heterocycles. The SMILES string of the molecule is CSCCN(C)Cc1ccoc1C(=O)NN. The van der Waals surface area contributed by atoms with Gasteiger partial charge in [-0.3, -0.25) is 10.2 Å². The summed E-state index contributed by atoms with van der Waals surface area (Å²) in [5.74, 6) is 6.03. The number of thioether (sulfide) groups is 1. The Kier molecular flexibility index (Phi) is 5.37. The van der Waals surface area contributed by atoms with Gasteiger partial charge in [-0.05, 0) is 19.4 Å². The summed E-state index contributed by atoms with van der Waals surface area (Å²) in [7, 11) is 2.01. The van der Waals surface area contributed by atoms with Crippen molar-refractivity contribution in [3.05, 3.63) is 23.7 Å². The van der Waals surface area contributed by atoms with Crippen LogP contribution in [0.5, 0.6) is 0 Å². The molecule has 0 spiro atoms. The van der Waals surface area contributed by atoms with E-state index >= 15 is 0 Å². The molecule has 0 aliphatic rings. The van der Waals surface area contributed by atoms with Gasteiger partial charge in [0.1, 0.15) is 0 Å². The second kappa shape index (κ2) is 6.57. The number of hydrogen-bond acceptors (Lipinski definition) is 5. The Morgan fingerprint density at radius 3 is 3.06 bits per heavy atom. The van der Waals surface area contributed by atoms with Gasteiger partial charge >= 0.3 is 5.91 Å². The van der Waals surface area contributed by atoms with Gasteiger partial charge in [-0.2, -0.15) is 11.8 Å². The maximum Gasteiger partial charge on any atom is 0.301 e. The Morgan fingerprint density at radius 2 is 2.44 bits per heavy atom. The van der Waals surface area contributed by atoms with Gasteiger partial charge in [0.05, 0.1) is 6.26 Å². The molecule has 0 aromatic carbocycles. The number of carbonyl (C=O) groups is 1. The van der Waals surface area contributed by atoms with E-state index in [4.69, 9.17) is 10.3 Å². The van der Waals surface area contributed by atoms with E-state index in [2.05, 4.69) is 16.6 Å². The maximum atomic E-state index is 11.3. The highest BCUT2D eigenvalue weighted by Gasteiger charge is 2.15. The molecular weight excluding hydrogens is 226 g/mol. The first-order chi connectivity index (χ1) is 7.69. The van der Waals surface area contributed by atoms with E-state index in [0.29, 0.717) is 12.3 Å². The van der Waals surface area contributed by atoms with Crippen molar-refractivity contribution in [1.29, 1.82) is 0 Å². The number of furan rings is 1. The molecule has 0 aliphatic carbocycles. The maximum absolute atomic E-state index is 11.3. The summed E-state index contributed by atoms with van der Waals surface area (Å²) in [6.45, 7) is 1.65. The normalized spacial score (nSPS) is 10.8. The molecule has 0 unspecified atom stereocenters. The van der Waals surface area contributed by atoms with Crippen LogP contribution in [0.15, 0.2) is 16.7 Å². The van der Waals surface area contributed by atoms with E-state index < -0.39 is 5.91 Å². The van der Waals surface area contributed by atoms with Gasteiger partial charge in [-0.15, -0.1) is 0 Å². The molecule has 0 saturated carbocycles. The molecule has 1 heterocycles. The molecule has 0 radical (unpaired) electrons. The van der Waals surface area contributed by atoms with E-state index in [1.807, 2.05) is 7.05 Å². The third-order valence-corrected chi connectivity index (χ3v) is 2.79. The van der Waals surface area contributed by atoms with Crippen molar-refractivity contribution in [2.75, 3.05) is 25.6 Å². The Balaban J connectivity index is 2.59. The van der Waals surface area contributed by atoms with Gasteiger partial charge < -0.3 is 9.32 Å². The molecular formula is C10H17N3O2S. The summed E-state index contributed by atoms with van der Waals surface area (Å²) >= 11 is 1.79. The Labute approximate surface area is 99.3 Å². The van der Waals surface area contributed by atoms with Crippen LogP contribution in [0.25, 0.3) is 0 Å². The summed E-state index contributed by atoms with van der Waals surface area (Å²) in [5, 5.41) is 0. The highest BCUT2D eigenvalue weighted by Crippen LogP contribution is 2.12. The van der Waals surface area contributed by atoms with Crippen molar-refractivity contribution >= 4 is 17.7 Å². The standard InChI is InChI=1S/C10H17N3O2S/c1-13(4-6-16-2)7-8-3-5-15-9(8)10(14)12-11/h3,5H,4,6-7,11H2,1-2H3,(H,12,14). The molecule has 1 rings (SSSR count). The summed E-state index contributed by atoms with van der Waals surface area (Å²) in [4.78, 5) is 13.5. The van der Waals surface area contributed by atoms with Gasteiger partial charge in [0.2, 0.25) is 0 Å². The van der Waals surface area contributed by atoms with Gasteiger partial charge in [0, 0.05) is 24.4 Å². The van der Waals surface area contributed by atoms with Crippen LogP contribution in [0.1, 0.15) is 16.1 Å². The molecule has 0 bridgehead atoms. The first kappa shape index (κ1) is 13.1. The molecule has 0 fully saturated rings. The van der Waals surface area contributed by atoms with Crippen LogP contribution in [0.2, 0.25) is 0 Å². The summed E-state index contributed by atoms with van der Waals surface area (Å²) in [6, 6.07) is 1.79. The monoisotopic (exact) mass is 243 g/mol. The number of hydrogen-bond donors (Lipinski definition) is 2. The third kappa shape index (κ3) is 3.55. The molecule has 1 aromatic rings. The second-order valence-electron chi connectivity index (χ2n) is 3.48. The number of nitrogens with one attached hydrogen (secondary N) is 1. The number of hydrazine groups is 1. The van der Waals surface area contributed by atoms with Crippen LogP contribution >= 0.6 is 11.8 Å². The number of nitrogens with zero attached hydrogens (tertiary/aromatic N) is 1. The molecule has 0 atom stereocenters. The predicted octanol–water partition coefficient (Wildman–Crippen LogP) is 0.678. The van der Waals surface area contributed by atoms with Crippen LogP contribution in [0.3, 0.4) is 0 Å². The van der Waals surface area contributed by atoms with Crippen molar-refractivity contribution in [3.63, 3.8) is 0 Å². The lowest BCUT2D eigenvalue weighted by Gasteiger charge is -2.15. The molecule has 90 valence electrons. The lowest BCUT2D eigenvalue weighted by Crippen LogP contribution is -2.31. The highest BCUT2D eigenvalue weighted by molar-refractivity contribution is 7.98. The average molecular weight is 243 g/mol. The van der Waals surface area contributed by atoms with Gasteiger partial charge in [-0.25, -0.2) is 5.84 Å². The molecule has 6 heteroatoms. The van der Waals surface area contributed by atoms with Crippen molar-refractivity contribution in [2.24, 2.45) is 5.84 Å².